The zero-order chi connectivity index (χ0) is 18.6. The molecule has 0 bridgehead atoms. The van der Waals surface area contributed by atoms with Gasteiger partial charge in [-0.2, -0.15) is 4.31 Å². The molecular formula is C16H22N2O6S. The van der Waals surface area contributed by atoms with Crippen LogP contribution >= 0.6 is 0 Å². The van der Waals surface area contributed by atoms with Gasteiger partial charge in [-0.25, -0.2) is 8.42 Å². The van der Waals surface area contributed by atoms with Crippen molar-refractivity contribution in [1.82, 2.24) is 9.62 Å². The number of benzene rings is 1. The minimum absolute atomic E-state index is 0.0273. The number of rotatable bonds is 5. The molecular weight excluding hydrogens is 348 g/mol. The predicted molar refractivity (Wildman–Crippen MR) is 89.6 cm³/mol. The molecule has 2 atom stereocenters. The summed E-state index contributed by atoms with van der Waals surface area (Å²) in [6.45, 7) is 3.85. The SMILES string of the molecule is COC(=O)CNC(=O)c1cccc(S(=O)(=O)N2C[C@H](C)O[C@@H](C)C2)c1. The summed E-state index contributed by atoms with van der Waals surface area (Å²) < 4.78 is 37.0. The van der Waals surface area contributed by atoms with Crippen LogP contribution in [-0.2, 0) is 24.3 Å². The number of sulfonamides is 1. The van der Waals surface area contributed by atoms with Crippen LogP contribution in [0, 0.1) is 0 Å². The molecule has 1 N–H and O–H groups in total. The number of carbonyl (C=O) groups is 2. The molecule has 0 radical (unpaired) electrons. The van der Waals surface area contributed by atoms with Crippen LogP contribution < -0.4 is 5.32 Å². The van der Waals surface area contributed by atoms with Crippen LogP contribution in [0.1, 0.15) is 24.2 Å². The molecule has 1 saturated heterocycles. The maximum atomic E-state index is 12.8. The molecule has 0 aromatic heterocycles. The third-order valence-electron chi connectivity index (χ3n) is 3.74. The number of nitrogens with one attached hydrogen (secondary N) is 1. The van der Waals surface area contributed by atoms with E-state index in [0.717, 1.165) is 0 Å². The van der Waals surface area contributed by atoms with Crippen molar-refractivity contribution in [3.8, 4) is 0 Å². The van der Waals surface area contributed by atoms with Crippen LogP contribution in [0.25, 0.3) is 0 Å². The van der Waals surface area contributed by atoms with E-state index in [1.807, 2.05) is 13.8 Å². The van der Waals surface area contributed by atoms with Gasteiger partial charge in [0.1, 0.15) is 6.54 Å². The van der Waals surface area contributed by atoms with E-state index in [4.69, 9.17) is 4.74 Å². The zero-order valence-electron chi connectivity index (χ0n) is 14.4. The third-order valence-corrected chi connectivity index (χ3v) is 5.57. The van der Waals surface area contributed by atoms with Gasteiger partial charge in [0.25, 0.3) is 5.91 Å². The molecule has 1 fully saturated rings. The van der Waals surface area contributed by atoms with Gasteiger partial charge in [0, 0.05) is 18.7 Å². The normalized spacial score (nSPS) is 21.6. The van der Waals surface area contributed by atoms with Crippen LogP contribution in [0.5, 0.6) is 0 Å². The second kappa shape index (κ2) is 7.94. The second-order valence-electron chi connectivity index (χ2n) is 5.87. The predicted octanol–water partition coefficient (Wildman–Crippen LogP) is 0.387. The molecule has 0 aliphatic carbocycles. The number of hydrogen-bond acceptors (Lipinski definition) is 6. The van der Waals surface area contributed by atoms with E-state index >= 15 is 0 Å². The summed E-state index contributed by atoms with van der Waals surface area (Å²) >= 11 is 0. The fourth-order valence-electron chi connectivity index (χ4n) is 2.60. The molecule has 1 amide bonds. The number of amides is 1. The van der Waals surface area contributed by atoms with Gasteiger partial charge in [0.15, 0.2) is 0 Å². The zero-order valence-corrected chi connectivity index (χ0v) is 15.2. The monoisotopic (exact) mass is 370 g/mol. The number of esters is 1. The molecule has 8 nitrogen and oxygen atoms in total. The Morgan fingerprint density at radius 3 is 2.52 bits per heavy atom. The van der Waals surface area contributed by atoms with E-state index < -0.39 is 21.9 Å². The highest BCUT2D eigenvalue weighted by molar-refractivity contribution is 7.89. The summed E-state index contributed by atoms with van der Waals surface area (Å²) in [5.74, 6) is -1.14. The van der Waals surface area contributed by atoms with Crippen molar-refractivity contribution in [3.63, 3.8) is 0 Å². The highest BCUT2D eigenvalue weighted by atomic mass is 32.2. The minimum Gasteiger partial charge on any atom is -0.468 e. The first-order valence-corrected chi connectivity index (χ1v) is 9.28. The third kappa shape index (κ3) is 4.77. The van der Waals surface area contributed by atoms with E-state index in [2.05, 4.69) is 10.1 Å². The van der Waals surface area contributed by atoms with Crippen LogP contribution in [-0.4, -0.2) is 63.6 Å². The number of nitrogens with zero attached hydrogens (tertiary/aromatic N) is 1. The molecule has 1 aromatic carbocycles. The lowest BCUT2D eigenvalue weighted by molar-refractivity contribution is -0.139. The molecule has 0 spiro atoms. The quantitative estimate of drug-likeness (QED) is 0.752. The molecule has 9 heteroatoms. The van der Waals surface area contributed by atoms with Gasteiger partial charge < -0.3 is 14.8 Å². The van der Waals surface area contributed by atoms with Gasteiger partial charge >= 0.3 is 5.97 Å². The number of carbonyl (C=O) groups excluding carboxylic acids is 2. The lowest BCUT2D eigenvalue weighted by Gasteiger charge is -2.34. The summed E-state index contributed by atoms with van der Waals surface area (Å²) in [5.41, 5.74) is 0.152. The van der Waals surface area contributed by atoms with Crippen molar-refractivity contribution in [2.75, 3.05) is 26.7 Å². The number of ether oxygens (including phenoxy) is 2. The van der Waals surface area contributed by atoms with Crippen molar-refractivity contribution in [3.05, 3.63) is 29.8 Å². The average molecular weight is 370 g/mol. The molecule has 1 aromatic rings. The number of morpholine rings is 1. The first kappa shape index (κ1) is 19.4. The van der Waals surface area contributed by atoms with E-state index in [-0.39, 0.29) is 42.3 Å². The van der Waals surface area contributed by atoms with Gasteiger partial charge in [-0.3, -0.25) is 9.59 Å². The molecule has 0 unspecified atom stereocenters. The summed E-state index contributed by atoms with van der Waals surface area (Å²) in [7, 11) is -2.52. The van der Waals surface area contributed by atoms with E-state index in [1.165, 1.54) is 35.7 Å². The smallest absolute Gasteiger partial charge is 0.325 e. The van der Waals surface area contributed by atoms with Crippen molar-refractivity contribution < 1.29 is 27.5 Å². The van der Waals surface area contributed by atoms with E-state index in [1.54, 1.807) is 0 Å². The van der Waals surface area contributed by atoms with Crippen LogP contribution in [0.3, 0.4) is 0 Å². The summed E-state index contributed by atoms with van der Waals surface area (Å²) in [6.07, 6.45) is -0.407. The molecule has 1 heterocycles. The molecule has 138 valence electrons. The Balaban J connectivity index is 2.19. The fraction of sp³-hybridized carbons (Fsp3) is 0.500. The van der Waals surface area contributed by atoms with Crippen molar-refractivity contribution in [2.45, 2.75) is 31.0 Å². The fourth-order valence-corrected chi connectivity index (χ4v) is 4.24. The van der Waals surface area contributed by atoms with E-state index in [9.17, 15) is 18.0 Å². The molecule has 0 saturated carbocycles. The average Bonchev–Trinajstić information content (AvgIpc) is 2.58. The van der Waals surface area contributed by atoms with Gasteiger partial charge in [0.05, 0.1) is 24.2 Å². The maximum Gasteiger partial charge on any atom is 0.325 e. The Morgan fingerprint density at radius 1 is 1.28 bits per heavy atom. The standard InChI is InChI=1S/C16H22N2O6S/c1-11-9-18(10-12(2)24-11)25(21,22)14-6-4-5-13(7-14)16(20)17-8-15(19)23-3/h4-7,11-12H,8-10H2,1-3H3,(H,17,20)/t11-,12-/m0/s1. The van der Waals surface area contributed by atoms with Crippen LogP contribution in [0.2, 0.25) is 0 Å². The van der Waals surface area contributed by atoms with Gasteiger partial charge in [0.2, 0.25) is 10.0 Å². The Kier molecular flexibility index (Phi) is 6.15. The molecule has 2 rings (SSSR count). The largest absolute Gasteiger partial charge is 0.468 e. The van der Waals surface area contributed by atoms with Crippen molar-refractivity contribution in [2.24, 2.45) is 0 Å². The van der Waals surface area contributed by atoms with Crippen molar-refractivity contribution >= 4 is 21.9 Å². The van der Waals surface area contributed by atoms with Gasteiger partial charge in [-0.1, -0.05) is 6.07 Å². The Hall–Kier alpha value is -1.97. The molecule has 1 aliphatic rings. The Bertz CT molecular complexity index is 739. The van der Waals surface area contributed by atoms with Gasteiger partial charge in [-0.05, 0) is 32.0 Å². The number of hydrogen-bond donors (Lipinski definition) is 1. The highest BCUT2D eigenvalue weighted by Crippen LogP contribution is 2.21. The highest BCUT2D eigenvalue weighted by Gasteiger charge is 2.32. The first-order chi connectivity index (χ1) is 11.7. The number of methoxy groups -OCH3 is 1. The minimum atomic E-state index is -3.74. The lowest BCUT2D eigenvalue weighted by Crippen LogP contribution is -2.48. The van der Waals surface area contributed by atoms with Crippen LogP contribution in [0.4, 0.5) is 0 Å². The van der Waals surface area contributed by atoms with Crippen LogP contribution in [0.15, 0.2) is 29.2 Å². The summed E-state index contributed by atoms with van der Waals surface area (Å²) in [6, 6.07) is 5.72. The molecule has 1 aliphatic heterocycles. The lowest BCUT2D eigenvalue weighted by atomic mass is 10.2. The topological polar surface area (TPSA) is 102 Å². The summed E-state index contributed by atoms with van der Waals surface area (Å²) in [5, 5.41) is 2.38. The Labute approximate surface area is 147 Å². The molecule has 25 heavy (non-hydrogen) atoms. The van der Waals surface area contributed by atoms with E-state index in [0.29, 0.717) is 0 Å². The first-order valence-electron chi connectivity index (χ1n) is 7.84. The second-order valence-corrected chi connectivity index (χ2v) is 7.80. The summed E-state index contributed by atoms with van der Waals surface area (Å²) in [4.78, 5) is 23.2. The van der Waals surface area contributed by atoms with Gasteiger partial charge in [-0.15, -0.1) is 0 Å². The maximum absolute atomic E-state index is 12.8. The Morgan fingerprint density at radius 2 is 1.92 bits per heavy atom. The van der Waals surface area contributed by atoms with Crippen molar-refractivity contribution in [1.29, 1.82) is 0 Å².